The van der Waals surface area contributed by atoms with Crippen molar-refractivity contribution < 1.29 is 14.3 Å². The average Bonchev–Trinajstić information content (AvgIpc) is 2.93. The van der Waals surface area contributed by atoms with Crippen LogP contribution < -0.4 is 10.1 Å². The second kappa shape index (κ2) is 7.46. The van der Waals surface area contributed by atoms with E-state index in [1.54, 1.807) is 7.11 Å². The van der Waals surface area contributed by atoms with E-state index in [1.165, 1.54) is 24.8 Å². The fourth-order valence-corrected chi connectivity index (χ4v) is 3.33. The Morgan fingerprint density at radius 2 is 1.88 bits per heavy atom. The van der Waals surface area contributed by atoms with Gasteiger partial charge in [0, 0.05) is 5.69 Å². The van der Waals surface area contributed by atoms with Gasteiger partial charge in [0.05, 0.1) is 19.6 Å². The number of esters is 1. The van der Waals surface area contributed by atoms with Gasteiger partial charge in [0.1, 0.15) is 27.6 Å². The van der Waals surface area contributed by atoms with Gasteiger partial charge in [0.25, 0.3) is 0 Å². The van der Waals surface area contributed by atoms with Gasteiger partial charge in [-0.2, -0.15) is 0 Å². The standard InChI is InChI=1S/C16H15N3O3S.ClH/c1-9-12-14(19-10-4-6-11(21-2)7-5-10)17-8-18-15(12)23-13(9)16(20)22-3;/h4-8H,1-3H3,(H,17,18,19);1H. The van der Waals surface area contributed by atoms with Gasteiger partial charge in [-0.1, -0.05) is 0 Å². The van der Waals surface area contributed by atoms with E-state index in [9.17, 15) is 4.79 Å². The third-order valence-corrected chi connectivity index (χ3v) is 4.63. The zero-order valence-corrected chi connectivity index (χ0v) is 15.0. The molecule has 0 bridgehead atoms. The maximum absolute atomic E-state index is 11.8. The number of ether oxygens (including phenoxy) is 2. The predicted octanol–water partition coefficient (Wildman–Crippen LogP) is 3.96. The molecule has 1 N–H and O–H groups in total. The van der Waals surface area contributed by atoms with E-state index in [0.717, 1.165) is 27.2 Å². The van der Waals surface area contributed by atoms with Crippen LogP contribution in [-0.2, 0) is 4.74 Å². The molecule has 0 radical (unpaired) electrons. The fraction of sp³-hybridized carbons (Fsp3) is 0.188. The number of carbonyl (C=O) groups excluding carboxylic acids is 1. The summed E-state index contributed by atoms with van der Waals surface area (Å²) in [5, 5.41) is 4.08. The second-order valence-electron chi connectivity index (χ2n) is 4.80. The Bertz CT molecular complexity index is 865. The summed E-state index contributed by atoms with van der Waals surface area (Å²) in [7, 11) is 2.99. The molecule has 3 aromatic rings. The average molecular weight is 366 g/mol. The number of benzene rings is 1. The minimum Gasteiger partial charge on any atom is -0.497 e. The number of halogens is 1. The lowest BCUT2D eigenvalue weighted by Gasteiger charge is -2.08. The maximum Gasteiger partial charge on any atom is 0.348 e. The van der Waals surface area contributed by atoms with Gasteiger partial charge in [-0.25, -0.2) is 14.8 Å². The van der Waals surface area contributed by atoms with E-state index in [-0.39, 0.29) is 18.4 Å². The van der Waals surface area contributed by atoms with E-state index >= 15 is 0 Å². The molecule has 1 aromatic carbocycles. The number of rotatable bonds is 4. The van der Waals surface area contributed by atoms with Crippen molar-refractivity contribution in [1.82, 2.24) is 9.97 Å². The maximum atomic E-state index is 11.8. The van der Waals surface area contributed by atoms with Crippen LogP contribution in [0.15, 0.2) is 30.6 Å². The van der Waals surface area contributed by atoms with Gasteiger partial charge in [0.15, 0.2) is 0 Å². The minimum absolute atomic E-state index is 0. The summed E-state index contributed by atoms with van der Waals surface area (Å²) in [6, 6.07) is 7.52. The number of aryl methyl sites for hydroxylation is 1. The Morgan fingerprint density at radius 3 is 2.50 bits per heavy atom. The molecule has 0 saturated carbocycles. The molecule has 8 heteroatoms. The van der Waals surface area contributed by atoms with Crippen molar-refractivity contribution in [3.63, 3.8) is 0 Å². The first-order valence-electron chi connectivity index (χ1n) is 6.87. The zero-order valence-electron chi connectivity index (χ0n) is 13.3. The number of methoxy groups -OCH3 is 2. The van der Waals surface area contributed by atoms with Gasteiger partial charge in [-0.15, -0.1) is 23.7 Å². The first-order chi connectivity index (χ1) is 11.1. The molecule has 24 heavy (non-hydrogen) atoms. The number of anilines is 2. The van der Waals surface area contributed by atoms with Crippen molar-refractivity contribution in [2.45, 2.75) is 6.92 Å². The first-order valence-corrected chi connectivity index (χ1v) is 7.69. The molecule has 0 spiro atoms. The molecule has 0 fully saturated rings. The molecule has 0 atom stereocenters. The number of thiophene rings is 1. The third kappa shape index (κ3) is 3.27. The number of fused-ring (bicyclic) bond motifs is 1. The van der Waals surface area contributed by atoms with Crippen LogP contribution in [0.2, 0.25) is 0 Å². The topological polar surface area (TPSA) is 73.3 Å². The molecule has 6 nitrogen and oxygen atoms in total. The Kier molecular flexibility index (Phi) is 5.58. The number of carbonyl (C=O) groups is 1. The van der Waals surface area contributed by atoms with Gasteiger partial charge in [-0.3, -0.25) is 0 Å². The number of hydrogen-bond donors (Lipinski definition) is 1. The molecule has 0 unspecified atom stereocenters. The minimum atomic E-state index is -0.360. The fourth-order valence-electron chi connectivity index (χ4n) is 2.26. The lowest BCUT2D eigenvalue weighted by molar-refractivity contribution is 0.0605. The van der Waals surface area contributed by atoms with Crippen molar-refractivity contribution in [1.29, 1.82) is 0 Å². The zero-order chi connectivity index (χ0) is 16.4. The molecule has 0 aliphatic carbocycles. The quantitative estimate of drug-likeness (QED) is 0.705. The SMILES string of the molecule is COC(=O)c1sc2ncnc(Nc3ccc(OC)cc3)c2c1C.Cl. The van der Waals surface area contributed by atoms with E-state index in [4.69, 9.17) is 9.47 Å². The number of nitrogens with one attached hydrogen (secondary N) is 1. The molecule has 2 aromatic heterocycles. The Labute approximate surface area is 149 Å². The number of nitrogens with zero attached hydrogens (tertiary/aromatic N) is 2. The third-order valence-electron chi connectivity index (χ3n) is 3.45. The van der Waals surface area contributed by atoms with Crippen LogP contribution in [0.25, 0.3) is 10.2 Å². The highest BCUT2D eigenvalue weighted by atomic mass is 35.5. The lowest BCUT2D eigenvalue weighted by Crippen LogP contribution is -2.00. The predicted molar refractivity (Wildman–Crippen MR) is 97.0 cm³/mol. The molecule has 0 saturated heterocycles. The van der Waals surface area contributed by atoms with E-state index < -0.39 is 0 Å². The molecule has 3 rings (SSSR count). The van der Waals surface area contributed by atoms with Crippen molar-refractivity contribution in [2.24, 2.45) is 0 Å². The summed E-state index contributed by atoms with van der Waals surface area (Å²) in [6.45, 7) is 1.87. The van der Waals surface area contributed by atoms with Gasteiger partial charge in [0.2, 0.25) is 0 Å². The largest absolute Gasteiger partial charge is 0.497 e. The van der Waals surface area contributed by atoms with Crippen molar-refractivity contribution in [3.8, 4) is 5.75 Å². The molecule has 0 aliphatic heterocycles. The summed E-state index contributed by atoms with van der Waals surface area (Å²) < 4.78 is 9.97. The van der Waals surface area contributed by atoms with Gasteiger partial charge in [-0.05, 0) is 36.8 Å². The van der Waals surface area contributed by atoms with Crippen LogP contribution in [0, 0.1) is 6.92 Å². The Balaban J connectivity index is 0.00000208. The highest BCUT2D eigenvalue weighted by Gasteiger charge is 2.19. The van der Waals surface area contributed by atoms with Crippen LogP contribution in [0.5, 0.6) is 5.75 Å². The van der Waals surface area contributed by atoms with Crippen molar-refractivity contribution in [2.75, 3.05) is 19.5 Å². The van der Waals surface area contributed by atoms with E-state index in [0.29, 0.717) is 10.7 Å². The monoisotopic (exact) mass is 365 g/mol. The molecule has 126 valence electrons. The summed E-state index contributed by atoms with van der Waals surface area (Å²) in [4.78, 5) is 21.7. The highest BCUT2D eigenvalue weighted by Crippen LogP contribution is 2.34. The number of hydrogen-bond acceptors (Lipinski definition) is 7. The highest BCUT2D eigenvalue weighted by molar-refractivity contribution is 7.20. The van der Waals surface area contributed by atoms with Crippen LogP contribution in [0.3, 0.4) is 0 Å². The summed E-state index contributed by atoms with van der Waals surface area (Å²) in [5.41, 5.74) is 1.68. The van der Waals surface area contributed by atoms with E-state index in [2.05, 4.69) is 15.3 Å². The summed E-state index contributed by atoms with van der Waals surface area (Å²) >= 11 is 1.30. The van der Waals surface area contributed by atoms with Crippen LogP contribution in [0.1, 0.15) is 15.2 Å². The smallest absolute Gasteiger partial charge is 0.348 e. The van der Waals surface area contributed by atoms with Gasteiger partial charge >= 0.3 is 5.97 Å². The first kappa shape index (κ1) is 18.0. The molecule has 0 amide bonds. The van der Waals surface area contributed by atoms with E-state index in [1.807, 2.05) is 31.2 Å². The molecular formula is C16H16ClN3O3S. The molecule has 0 aliphatic rings. The Hall–Kier alpha value is -2.38. The second-order valence-corrected chi connectivity index (χ2v) is 5.80. The summed E-state index contributed by atoms with van der Waals surface area (Å²) in [6.07, 6.45) is 1.48. The van der Waals surface area contributed by atoms with Gasteiger partial charge < -0.3 is 14.8 Å². The molecule has 2 heterocycles. The van der Waals surface area contributed by atoms with Crippen LogP contribution >= 0.6 is 23.7 Å². The number of aromatic nitrogens is 2. The van der Waals surface area contributed by atoms with Crippen molar-refractivity contribution in [3.05, 3.63) is 41.0 Å². The molecular weight excluding hydrogens is 350 g/mol. The normalized spacial score (nSPS) is 10.1. The lowest BCUT2D eigenvalue weighted by atomic mass is 10.2. The van der Waals surface area contributed by atoms with Crippen molar-refractivity contribution >= 4 is 51.4 Å². The van der Waals surface area contributed by atoms with Crippen LogP contribution in [-0.4, -0.2) is 30.2 Å². The van der Waals surface area contributed by atoms with Crippen LogP contribution in [0.4, 0.5) is 11.5 Å². The summed E-state index contributed by atoms with van der Waals surface area (Å²) in [5.74, 6) is 1.08. The Morgan fingerprint density at radius 1 is 1.17 bits per heavy atom.